The van der Waals surface area contributed by atoms with Crippen LogP contribution in [0, 0.1) is 13.8 Å². The average Bonchev–Trinajstić information content (AvgIpc) is 2.92. The highest BCUT2D eigenvalue weighted by molar-refractivity contribution is 7.99. The summed E-state index contributed by atoms with van der Waals surface area (Å²) in [5.41, 5.74) is 2.59. The summed E-state index contributed by atoms with van der Waals surface area (Å²) in [4.78, 5) is 18.8. The zero-order valence-corrected chi connectivity index (χ0v) is 14.9. The molecule has 128 valence electrons. The minimum atomic E-state index is -0.357. The number of aromatic nitrogens is 1. The van der Waals surface area contributed by atoms with Gasteiger partial charge in [-0.25, -0.2) is 9.78 Å². The van der Waals surface area contributed by atoms with Crippen LogP contribution in [-0.2, 0) is 17.9 Å². The minimum Gasteiger partial charge on any atom is -0.452 e. The number of carbonyl (C=O) groups excluding carboxylic acids is 1. The van der Waals surface area contributed by atoms with Crippen LogP contribution in [0.5, 0.6) is 0 Å². The lowest BCUT2D eigenvalue weighted by molar-refractivity contribution is 0.0437. The summed E-state index contributed by atoms with van der Waals surface area (Å²) >= 11 is 2.01. The first-order chi connectivity index (χ1) is 11.6. The zero-order valence-electron chi connectivity index (χ0n) is 14.1. The van der Waals surface area contributed by atoms with Gasteiger partial charge in [0.1, 0.15) is 5.76 Å². The van der Waals surface area contributed by atoms with E-state index >= 15 is 0 Å². The normalized spacial score (nSPS) is 15.4. The summed E-state index contributed by atoms with van der Waals surface area (Å²) in [6, 6.07) is 7.64. The molecule has 1 aromatic carbocycles. The predicted octanol–water partition coefficient (Wildman–Crippen LogP) is 3.20. The lowest BCUT2D eigenvalue weighted by atomic mass is 10.1. The zero-order chi connectivity index (χ0) is 16.9. The standard InChI is InChI=1S/C18H22N2O3S/c1-13-14(2)23-17(19-13)12-22-18(21)16-5-3-15(4-6-16)11-20-7-9-24-10-8-20/h3-6H,7-12H2,1-2H3. The Labute approximate surface area is 146 Å². The van der Waals surface area contributed by atoms with Crippen LogP contribution in [0.3, 0.4) is 0 Å². The number of oxazole rings is 1. The number of esters is 1. The molecule has 0 aliphatic carbocycles. The van der Waals surface area contributed by atoms with Crippen molar-refractivity contribution in [2.75, 3.05) is 24.6 Å². The third-order valence-electron chi connectivity index (χ3n) is 4.10. The summed E-state index contributed by atoms with van der Waals surface area (Å²) in [7, 11) is 0. The fourth-order valence-corrected chi connectivity index (χ4v) is 3.55. The Hall–Kier alpha value is -1.79. The van der Waals surface area contributed by atoms with Crippen LogP contribution in [0.25, 0.3) is 0 Å². The van der Waals surface area contributed by atoms with E-state index in [0.717, 1.165) is 31.1 Å². The van der Waals surface area contributed by atoms with E-state index in [9.17, 15) is 4.79 Å². The summed E-state index contributed by atoms with van der Waals surface area (Å²) in [6.07, 6.45) is 0. The first kappa shape index (κ1) is 17.0. The van der Waals surface area contributed by atoms with Gasteiger partial charge in [-0.2, -0.15) is 11.8 Å². The maximum absolute atomic E-state index is 12.1. The van der Waals surface area contributed by atoms with Crippen molar-refractivity contribution in [1.82, 2.24) is 9.88 Å². The molecular weight excluding hydrogens is 324 g/mol. The second kappa shape index (κ2) is 7.85. The van der Waals surface area contributed by atoms with Crippen molar-refractivity contribution < 1.29 is 13.9 Å². The highest BCUT2D eigenvalue weighted by Crippen LogP contribution is 2.15. The molecule has 0 N–H and O–H groups in total. The van der Waals surface area contributed by atoms with Gasteiger partial charge in [-0.05, 0) is 31.5 Å². The Morgan fingerprint density at radius 3 is 2.58 bits per heavy atom. The fraction of sp³-hybridized carbons (Fsp3) is 0.444. The molecule has 1 aliphatic rings. The van der Waals surface area contributed by atoms with E-state index in [4.69, 9.17) is 9.15 Å². The number of hydrogen-bond acceptors (Lipinski definition) is 6. The molecular formula is C18H22N2O3S. The van der Waals surface area contributed by atoms with Crippen molar-refractivity contribution in [2.45, 2.75) is 27.0 Å². The van der Waals surface area contributed by atoms with Crippen molar-refractivity contribution in [3.05, 3.63) is 52.7 Å². The molecule has 1 saturated heterocycles. The van der Waals surface area contributed by atoms with Gasteiger partial charge in [0.25, 0.3) is 0 Å². The number of ether oxygens (including phenoxy) is 1. The molecule has 5 nitrogen and oxygen atoms in total. The first-order valence-electron chi connectivity index (χ1n) is 8.11. The predicted molar refractivity (Wildman–Crippen MR) is 94.1 cm³/mol. The number of carbonyl (C=O) groups is 1. The van der Waals surface area contributed by atoms with E-state index in [-0.39, 0.29) is 12.6 Å². The molecule has 1 aromatic heterocycles. The molecule has 2 aromatic rings. The molecule has 0 unspecified atom stereocenters. The molecule has 0 bridgehead atoms. The molecule has 6 heteroatoms. The molecule has 0 atom stereocenters. The number of aryl methyl sites for hydroxylation is 2. The maximum Gasteiger partial charge on any atom is 0.338 e. The highest BCUT2D eigenvalue weighted by Gasteiger charge is 2.13. The number of rotatable bonds is 5. The van der Waals surface area contributed by atoms with Crippen LogP contribution >= 0.6 is 11.8 Å². The van der Waals surface area contributed by atoms with Crippen LogP contribution < -0.4 is 0 Å². The summed E-state index contributed by atoms with van der Waals surface area (Å²) < 4.78 is 10.7. The molecule has 0 amide bonds. The number of benzene rings is 1. The Balaban J connectivity index is 1.53. The lowest BCUT2D eigenvalue weighted by Crippen LogP contribution is -2.31. The first-order valence-corrected chi connectivity index (χ1v) is 9.26. The van der Waals surface area contributed by atoms with Gasteiger partial charge in [0.2, 0.25) is 5.89 Å². The van der Waals surface area contributed by atoms with Crippen LogP contribution in [0.2, 0.25) is 0 Å². The van der Waals surface area contributed by atoms with Crippen molar-refractivity contribution in [3.63, 3.8) is 0 Å². The molecule has 0 spiro atoms. The lowest BCUT2D eigenvalue weighted by Gasteiger charge is -2.26. The molecule has 24 heavy (non-hydrogen) atoms. The molecule has 3 rings (SSSR count). The molecule has 0 saturated carbocycles. The molecule has 1 fully saturated rings. The van der Waals surface area contributed by atoms with E-state index < -0.39 is 0 Å². The van der Waals surface area contributed by atoms with Crippen molar-refractivity contribution >= 4 is 17.7 Å². The Bertz CT molecular complexity index is 671. The largest absolute Gasteiger partial charge is 0.452 e. The molecule has 1 aliphatic heterocycles. The van der Waals surface area contributed by atoms with E-state index in [1.807, 2.05) is 49.9 Å². The smallest absolute Gasteiger partial charge is 0.338 e. The third kappa shape index (κ3) is 4.39. The SMILES string of the molecule is Cc1nc(COC(=O)c2ccc(CN3CCSCC3)cc2)oc1C. The third-order valence-corrected chi connectivity index (χ3v) is 5.04. The highest BCUT2D eigenvalue weighted by atomic mass is 32.2. The van der Waals surface area contributed by atoms with Crippen molar-refractivity contribution in [1.29, 1.82) is 0 Å². The second-order valence-corrected chi connectivity index (χ2v) is 7.14. The summed E-state index contributed by atoms with van der Waals surface area (Å²) in [5.74, 6) is 3.22. The van der Waals surface area contributed by atoms with Crippen LogP contribution in [-0.4, -0.2) is 40.4 Å². The van der Waals surface area contributed by atoms with Crippen LogP contribution in [0.4, 0.5) is 0 Å². The van der Waals surface area contributed by atoms with Crippen molar-refractivity contribution in [3.8, 4) is 0 Å². The maximum atomic E-state index is 12.1. The van der Waals surface area contributed by atoms with Gasteiger partial charge < -0.3 is 9.15 Å². The van der Waals surface area contributed by atoms with E-state index in [0.29, 0.717) is 11.5 Å². The van der Waals surface area contributed by atoms with Gasteiger partial charge in [-0.1, -0.05) is 12.1 Å². The van der Waals surface area contributed by atoms with Crippen LogP contribution in [0.1, 0.15) is 33.3 Å². The topological polar surface area (TPSA) is 55.6 Å². The summed E-state index contributed by atoms with van der Waals surface area (Å²) in [6.45, 7) is 6.95. The van der Waals surface area contributed by atoms with Gasteiger partial charge in [0.15, 0.2) is 6.61 Å². The summed E-state index contributed by atoms with van der Waals surface area (Å²) in [5, 5.41) is 0. The van der Waals surface area contributed by atoms with Gasteiger partial charge in [0.05, 0.1) is 11.3 Å². The molecule has 0 radical (unpaired) electrons. The van der Waals surface area contributed by atoms with Gasteiger partial charge in [-0.15, -0.1) is 0 Å². The van der Waals surface area contributed by atoms with Gasteiger partial charge >= 0.3 is 5.97 Å². The quantitative estimate of drug-likeness (QED) is 0.775. The number of hydrogen-bond donors (Lipinski definition) is 0. The Morgan fingerprint density at radius 1 is 1.25 bits per heavy atom. The van der Waals surface area contributed by atoms with Gasteiger partial charge in [-0.3, -0.25) is 4.90 Å². The Morgan fingerprint density at radius 2 is 1.96 bits per heavy atom. The molecule has 2 heterocycles. The average molecular weight is 346 g/mol. The Kier molecular flexibility index (Phi) is 5.58. The number of thioether (sulfide) groups is 1. The van der Waals surface area contributed by atoms with E-state index in [1.165, 1.54) is 17.1 Å². The minimum absolute atomic E-state index is 0.0563. The van der Waals surface area contributed by atoms with Crippen LogP contribution in [0.15, 0.2) is 28.7 Å². The van der Waals surface area contributed by atoms with Crippen molar-refractivity contribution in [2.24, 2.45) is 0 Å². The second-order valence-electron chi connectivity index (χ2n) is 5.91. The monoisotopic (exact) mass is 346 g/mol. The number of nitrogens with zero attached hydrogens (tertiary/aromatic N) is 2. The van der Waals surface area contributed by atoms with E-state index in [2.05, 4.69) is 9.88 Å². The van der Waals surface area contributed by atoms with Gasteiger partial charge in [0, 0.05) is 31.1 Å². The van der Waals surface area contributed by atoms with E-state index in [1.54, 1.807) is 0 Å². The fourth-order valence-electron chi connectivity index (χ4n) is 2.58.